The van der Waals surface area contributed by atoms with Crippen molar-refractivity contribution in [3.8, 4) is 0 Å². The van der Waals surface area contributed by atoms with E-state index < -0.39 is 0 Å². The minimum absolute atomic E-state index is 0. The topological polar surface area (TPSA) is 58.4 Å². The molecule has 158 valence electrons. The zero-order valence-electron chi connectivity index (χ0n) is 16.6. The Kier molecular flexibility index (Phi) is 9.07. The molecule has 2 atom stereocenters. The number of hydrogen-bond acceptors (Lipinski definition) is 3. The van der Waals surface area contributed by atoms with Gasteiger partial charge < -0.3 is 16.0 Å². The number of hydrogen-bond donors (Lipinski definition) is 2. The van der Waals surface area contributed by atoms with Gasteiger partial charge in [-0.2, -0.15) is 0 Å². The summed E-state index contributed by atoms with van der Waals surface area (Å²) in [4.78, 5) is 15.3. The van der Waals surface area contributed by atoms with E-state index in [1.165, 1.54) is 50.8 Å². The lowest BCUT2D eigenvalue weighted by Crippen LogP contribution is -2.48. The van der Waals surface area contributed by atoms with E-state index in [-0.39, 0.29) is 36.6 Å². The number of anilines is 1. The van der Waals surface area contributed by atoms with Gasteiger partial charge in [-0.3, -0.25) is 4.79 Å². The van der Waals surface area contributed by atoms with Gasteiger partial charge in [0.2, 0.25) is 5.91 Å². The minimum atomic E-state index is 0. The Hall–Kier alpha value is -0.810. The molecule has 2 aliphatic carbocycles. The van der Waals surface area contributed by atoms with Gasteiger partial charge in [0, 0.05) is 24.2 Å². The summed E-state index contributed by atoms with van der Waals surface area (Å²) in [6.45, 7) is 3.65. The molecule has 0 radical (unpaired) electrons. The van der Waals surface area contributed by atoms with Gasteiger partial charge >= 0.3 is 0 Å². The third kappa shape index (κ3) is 5.63. The Labute approximate surface area is 181 Å². The number of carbonyl (C=O) groups excluding carboxylic acids is 1. The molecule has 1 saturated heterocycles. The van der Waals surface area contributed by atoms with E-state index in [4.69, 9.17) is 5.73 Å². The van der Waals surface area contributed by atoms with Crippen LogP contribution in [0.4, 0.5) is 5.69 Å². The Bertz CT molecular complexity index is 605. The third-order valence-corrected chi connectivity index (χ3v) is 6.92. The van der Waals surface area contributed by atoms with Crippen molar-refractivity contribution < 1.29 is 4.79 Å². The standard InChI is InChI=1S/C22H33N3O.2ClH/c23-21-17-4-3-5-18(21)15-19(14-17)22(26)24-20-8-6-16(7-9-20)10-13-25-11-1-2-12-25;;/h6-9,17-19,21H,1-5,10-15,23H2,(H,24,26);2*1H. The van der Waals surface area contributed by atoms with E-state index in [1.54, 1.807) is 0 Å². The summed E-state index contributed by atoms with van der Waals surface area (Å²) >= 11 is 0. The summed E-state index contributed by atoms with van der Waals surface area (Å²) in [6, 6.07) is 8.77. The van der Waals surface area contributed by atoms with Crippen LogP contribution in [-0.2, 0) is 11.2 Å². The maximum Gasteiger partial charge on any atom is 0.227 e. The Balaban J connectivity index is 0.00000140. The fourth-order valence-electron chi connectivity index (χ4n) is 5.30. The summed E-state index contributed by atoms with van der Waals surface area (Å²) in [5, 5.41) is 3.15. The minimum Gasteiger partial charge on any atom is -0.327 e. The molecule has 3 aliphatic rings. The number of nitrogens with one attached hydrogen (secondary N) is 1. The smallest absolute Gasteiger partial charge is 0.227 e. The van der Waals surface area contributed by atoms with Gasteiger partial charge in [0.25, 0.3) is 0 Å². The summed E-state index contributed by atoms with van der Waals surface area (Å²) in [5.41, 5.74) is 8.64. The zero-order valence-corrected chi connectivity index (χ0v) is 18.3. The first-order valence-electron chi connectivity index (χ1n) is 10.6. The van der Waals surface area contributed by atoms with Crippen molar-refractivity contribution in [2.24, 2.45) is 23.5 Å². The van der Waals surface area contributed by atoms with Gasteiger partial charge in [-0.25, -0.2) is 0 Å². The van der Waals surface area contributed by atoms with Gasteiger partial charge in [-0.15, -0.1) is 24.8 Å². The number of nitrogens with two attached hydrogens (primary N) is 1. The van der Waals surface area contributed by atoms with Gasteiger partial charge in [-0.05, 0) is 87.6 Å². The van der Waals surface area contributed by atoms with Crippen LogP contribution in [0.25, 0.3) is 0 Å². The van der Waals surface area contributed by atoms with Crippen LogP contribution in [0.2, 0.25) is 0 Å². The highest BCUT2D eigenvalue weighted by atomic mass is 35.5. The molecule has 2 bridgehead atoms. The summed E-state index contributed by atoms with van der Waals surface area (Å²) in [7, 11) is 0. The van der Waals surface area contributed by atoms with Crippen LogP contribution in [0.15, 0.2) is 24.3 Å². The summed E-state index contributed by atoms with van der Waals surface area (Å²) in [5.74, 6) is 1.43. The lowest BCUT2D eigenvalue weighted by molar-refractivity contribution is -0.122. The number of halogens is 2. The van der Waals surface area contributed by atoms with E-state index in [0.717, 1.165) is 31.5 Å². The third-order valence-electron chi connectivity index (χ3n) is 6.92. The molecule has 3 N–H and O–H groups in total. The van der Waals surface area contributed by atoms with E-state index in [0.29, 0.717) is 17.9 Å². The number of benzene rings is 1. The SMILES string of the molecule is Cl.Cl.NC1C2CCCC1CC(C(=O)Nc1ccc(CCN3CCCC3)cc1)C2. The fraction of sp³-hybridized carbons (Fsp3) is 0.682. The van der Waals surface area contributed by atoms with E-state index in [2.05, 4.69) is 34.5 Å². The molecule has 2 unspecified atom stereocenters. The van der Waals surface area contributed by atoms with Crippen LogP contribution in [0.1, 0.15) is 50.5 Å². The molecule has 4 rings (SSSR count). The Morgan fingerprint density at radius 2 is 1.61 bits per heavy atom. The largest absolute Gasteiger partial charge is 0.327 e. The molecule has 3 fully saturated rings. The first kappa shape index (κ1) is 23.5. The van der Waals surface area contributed by atoms with Crippen LogP contribution in [0.3, 0.4) is 0 Å². The zero-order chi connectivity index (χ0) is 17.9. The van der Waals surface area contributed by atoms with Crippen LogP contribution < -0.4 is 11.1 Å². The molecule has 4 nitrogen and oxygen atoms in total. The highest BCUT2D eigenvalue weighted by molar-refractivity contribution is 5.92. The van der Waals surface area contributed by atoms with E-state index in [1.807, 2.05) is 0 Å². The highest BCUT2D eigenvalue weighted by Crippen LogP contribution is 2.42. The monoisotopic (exact) mass is 427 g/mol. The normalized spacial score (nSPS) is 29.5. The summed E-state index contributed by atoms with van der Waals surface area (Å²) in [6.07, 6.45) is 9.42. The molecule has 1 aromatic rings. The van der Waals surface area contributed by atoms with Crippen molar-refractivity contribution in [3.05, 3.63) is 29.8 Å². The maximum atomic E-state index is 12.7. The van der Waals surface area contributed by atoms with Gasteiger partial charge in [0.15, 0.2) is 0 Å². The highest BCUT2D eigenvalue weighted by Gasteiger charge is 2.40. The lowest BCUT2D eigenvalue weighted by atomic mass is 9.65. The average molecular weight is 428 g/mol. The number of nitrogens with zero attached hydrogens (tertiary/aromatic N) is 1. The number of carbonyl (C=O) groups is 1. The molecule has 28 heavy (non-hydrogen) atoms. The average Bonchev–Trinajstić information content (AvgIpc) is 3.14. The van der Waals surface area contributed by atoms with Crippen molar-refractivity contribution in [1.29, 1.82) is 0 Å². The second-order valence-electron chi connectivity index (χ2n) is 8.68. The summed E-state index contributed by atoms with van der Waals surface area (Å²) < 4.78 is 0. The number of fused-ring (bicyclic) bond motifs is 2. The predicted octanol–water partition coefficient (Wildman–Crippen LogP) is 4.26. The Morgan fingerprint density at radius 3 is 2.21 bits per heavy atom. The second kappa shape index (κ2) is 10.8. The first-order chi connectivity index (χ1) is 12.7. The van der Waals surface area contributed by atoms with Crippen molar-refractivity contribution in [3.63, 3.8) is 0 Å². The molecule has 0 aromatic heterocycles. The van der Waals surface area contributed by atoms with Crippen molar-refractivity contribution >= 4 is 36.4 Å². The van der Waals surface area contributed by atoms with E-state index >= 15 is 0 Å². The first-order valence-corrected chi connectivity index (χ1v) is 10.6. The van der Waals surface area contributed by atoms with Crippen LogP contribution in [-0.4, -0.2) is 36.5 Å². The lowest BCUT2D eigenvalue weighted by Gasteiger charge is -2.43. The van der Waals surface area contributed by atoms with Crippen molar-refractivity contribution in [2.75, 3.05) is 25.0 Å². The molecule has 1 amide bonds. The molecule has 1 heterocycles. The predicted molar refractivity (Wildman–Crippen MR) is 120 cm³/mol. The van der Waals surface area contributed by atoms with E-state index in [9.17, 15) is 4.79 Å². The number of amides is 1. The molecule has 2 saturated carbocycles. The molecule has 0 spiro atoms. The Morgan fingerprint density at radius 1 is 1.00 bits per heavy atom. The van der Waals surface area contributed by atoms with Crippen LogP contribution >= 0.6 is 24.8 Å². The number of likely N-dealkylation sites (tertiary alicyclic amines) is 1. The quantitative estimate of drug-likeness (QED) is 0.737. The molecular formula is C22H35Cl2N3O. The van der Waals surface area contributed by atoms with Gasteiger partial charge in [-0.1, -0.05) is 18.6 Å². The molecular weight excluding hydrogens is 393 g/mol. The maximum absolute atomic E-state index is 12.7. The fourth-order valence-corrected chi connectivity index (χ4v) is 5.30. The van der Waals surface area contributed by atoms with Gasteiger partial charge in [0.1, 0.15) is 0 Å². The molecule has 6 heteroatoms. The molecule has 1 aromatic carbocycles. The van der Waals surface area contributed by atoms with Crippen molar-refractivity contribution in [2.45, 2.75) is 57.4 Å². The second-order valence-corrected chi connectivity index (χ2v) is 8.68. The van der Waals surface area contributed by atoms with Crippen LogP contribution in [0, 0.1) is 17.8 Å². The molecule has 1 aliphatic heterocycles. The van der Waals surface area contributed by atoms with Gasteiger partial charge in [0.05, 0.1) is 0 Å². The van der Waals surface area contributed by atoms with Crippen LogP contribution in [0.5, 0.6) is 0 Å². The van der Waals surface area contributed by atoms with Crippen molar-refractivity contribution in [1.82, 2.24) is 4.90 Å². The number of rotatable bonds is 5.